The summed E-state index contributed by atoms with van der Waals surface area (Å²) in [4.78, 5) is 24.7. The number of amides is 2. The molecule has 0 spiro atoms. The molecule has 2 amide bonds. The number of carbonyl (C=O) groups is 2. The van der Waals surface area contributed by atoms with Crippen molar-refractivity contribution in [2.24, 2.45) is 5.92 Å². The number of hydrogen-bond acceptors (Lipinski definition) is 3. The fraction of sp³-hybridized carbons (Fsp3) is 0.833. The average Bonchev–Trinajstić information content (AvgIpc) is 3.15. The quantitative estimate of drug-likeness (QED) is 0.811. The first-order valence-corrected chi connectivity index (χ1v) is 7.67. The highest BCUT2D eigenvalue weighted by molar-refractivity contribution is 7.99. The van der Waals surface area contributed by atoms with Crippen LogP contribution in [0.25, 0.3) is 0 Å². The molecular weight excluding hydrogens is 252 g/mol. The van der Waals surface area contributed by atoms with Gasteiger partial charge in [0, 0.05) is 24.9 Å². The number of aliphatic carboxylic acids is 1. The number of carboxylic acids is 1. The first kappa shape index (κ1) is 13.5. The number of thioether (sulfide) groups is 1. The number of rotatable bonds is 4. The minimum absolute atomic E-state index is 0.0407. The second-order valence-electron chi connectivity index (χ2n) is 4.94. The van der Waals surface area contributed by atoms with Gasteiger partial charge in [-0.3, -0.25) is 4.79 Å². The minimum Gasteiger partial charge on any atom is -0.481 e. The highest BCUT2D eigenvalue weighted by atomic mass is 32.2. The number of carboxylic acid groups (broad SMARTS) is 1. The van der Waals surface area contributed by atoms with E-state index in [9.17, 15) is 9.59 Å². The van der Waals surface area contributed by atoms with Crippen LogP contribution < -0.4 is 5.32 Å². The standard InChI is InChI=1S/C12H20N2O3S/c15-11(16)8-10(9-2-3-9)13-12(17)14-4-1-6-18-7-5-14/h9-10H,1-8H2,(H,13,17)(H,15,16). The Kier molecular flexibility index (Phi) is 4.74. The molecule has 1 atom stereocenters. The first-order valence-electron chi connectivity index (χ1n) is 6.52. The molecule has 102 valence electrons. The van der Waals surface area contributed by atoms with Crippen molar-refractivity contribution in [2.45, 2.75) is 31.7 Å². The van der Waals surface area contributed by atoms with Crippen LogP contribution in [0.2, 0.25) is 0 Å². The lowest BCUT2D eigenvalue weighted by atomic mass is 10.1. The van der Waals surface area contributed by atoms with Gasteiger partial charge in [0.2, 0.25) is 0 Å². The van der Waals surface area contributed by atoms with Crippen LogP contribution in [-0.4, -0.2) is 52.6 Å². The van der Waals surface area contributed by atoms with E-state index in [4.69, 9.17) is 5.11 Å². The van der Waals surface area contributed by atoms with E-state index >= 15 is 0 Å². The summed E-state index contributed by atoms with van der Waals surface area (Å²) >= 11 is 1.87. The highest BCUT2D eigenvalue weighted by Gasteiger charge is 2.34. The zero-order chi connectivity index (χ0) is 13.0. The lowest BCUT2D eigenvalue weighted by Gasteiger charge is -2.24. The van der Waals surface area contributed by atoms with Crippen molar-refractivity contribution in [3.05, 3.63) is 0 Å². The molecule has 0 aromatic heterocycles. The third kappa shape index (κ3) is 4.08. The maximum atomic E-state index is 12.1. The molecule has 2 N–H and O–H groups in total. The van der Waals surface area contributed by atoms with Crippen LogP contribution in [0, 0.1) is 5.92 Å². The molecule has 1 unspecified atom stereocenters. The Labute approximate surface area is 111 Å². The van der Waals surface area contributed by atoms with Gasteiger partial charge in [0.15, 0.2) is 0 Å². The lowest BCUT2D eigenvalue weighted by molar-refractivity contribution is -0.137. The van der Waals surface area contributed by atoms with Gasteiger partial charge in [-0.2, -0.15) is 11.8 Å². The number of nitrogens with one attached hydrogen (secondary N) is 1. The van der Waals surface area contributed by atoms with Crippen LogP contribution in [0.5, 0.6) is 0 Å². The fourth-order valence-corrected chi connectivity index (χ4v) is 3.11. The summed E-state index contributed by atoms with van der Waals surface area (Å²) in [5, 5.41) is 11.8. The summed E-state index contributed by atoms with van der Waals surface area (Å²) in [6.07, 6.45) is 3.13. The number of hydrogen-bond donors (Lipinski definition) is 2. The molecule has 1 aliphatic carbocycles. The molecule has 1 saturated carbocycles. The Hall–Kier alpha value is -0.910. The van der Waals surface area contributed by atoms with Crippen molar-refractivity contribution in [3.63, 3.8) is 0 Å². The molecule has 2 fully saturated rings. The SMILES string of the molecule is O=C(O)CC(NC(=O)N1CCCSCC1)C1CC1. The minimum atomic E-state index is -0.835. The predicted molar refractivity (Wildman–Crippen MR) is 70.8 cm³/mol. The Bertz CT molecular complexity index is 312. The van der Waals surface area contributed by atoms with E-state index in [1.165, 1.54) is 0 Å². The van der Waals surface area contributed by atoms with Crippen molar-refractivity contribution in [1.82, 2.24) is 10.2 Å². The largest absolute Gasteiger partial charge is 0.481 e. The van der Waals surface area contributed by atoms with E-state index in [0.29, 0.717) is 5.92 Å². The van der Waals surface area contributed by atoms with Crippen molar-refractivity contribution >= 4 is 23.8 Å². The van der Waals surface area contributed by atoms with Crippen LogP contribution in [0.3, 0.4) is 0 Å². The summed E-state index contributed by atoms with van der Waals surface area (Å²) in [6, 6.07) is -0.276. The fourth-order valence-electron chi connectivity index (χ4n) is 2.22. The second kappa shape index (κ2) is 6.31. The van der Waals surface area contributed by atoms with Gasteiger partial charge in [-0.25, -0.2) is 4.79 Å². The summed E-state index contributed by atoms with van der Waals surface area (Å²) in [5.41, 5.74) is 0. The van der Waals surface area contributed by atoms with Gasteiger partial charge < -0.3 is 15.3 Å². The normalized spacial score (nSPS) is 22.1. The summed E-state index contributed by atoms with van der Waals surface area (Å²) in [5.74, 6) is 1.61. The topological polar surface area (TPSA) is 69.6 Å². The van der Waals surface area contributed by atoms with E-state index in [1.807, 2.05) is 16.7 Å². The van der Waals surface area contributed by atoms with Gasteiger partial charge in [0.25, 0.3) is 0 Å². The van der Waals surface area contributed by atoms with E-state index in [1.54, 1.807) is 0 Å². The molecule has 2 aliphatic rings. The lowest BCUT2D eigenvalue weighted by Crippen LogP contribution is -2.47. The van der Waals surface area contributed by atoms with Crippen molar-refractivity contribution < 1.29 is 14.7 Å². The van der Waals surface area contributed by atoms with E-state index in [0.717, 1.165) is 43.9 Å². The molecular formula is C12H20N2O3S. The molecule has 1 heterocycles. The number of urea groups is 1. The molecule has 0 aromatic rings. The number of carbonyl (C=O) groups excluding carboxylic acids is 1. The Morgan fingerprint density at radius 2 is 2.11 bits per heavy atom. The summed E-state index contributed by atoms with van der Waals surface area (Å²) < 4.78 is 0. The zero-order valence-electron chi connectivity index (χ0n) is 10.4. The predicted octanol–water partition coefficient (Wildman–Crippen LogP) is 1.39. The molecule has 18 heavy (non-hydrogen) atoms. The Morgan fingerprint density at radius 3 is 2.78 bits per heavy atom. The van der Waals surface area contributed by atoms with Crippen LogP contribution in [0.4, 0.5) is 4.79 Å². The van der Waals surface area contributed by atoms with Gasteiger partial charge in [-0.05, 0) is 30.9 Å². The summed E-state index contributed by atoms with van der Waals surface area (Å²) in [7, 11) is 0. The van der Waals surface area contributed by atoms with Crippen molar-refractivity contribution in [3.8, 4) is 0 Å². The zero-order valence-corrected chi connectivity index (χ0v) is 11.2. The Balaban J connectivity index is 1.85. The van der Waals surface area contributed by atoms with E-state index in [-0.39, 0.29) is 18.5 Å². The van der Waals surface area contributed by atoms with Gasteiger partial charge in [-0.15, -0.1) is 0 Å². The third-order valence-electron chi connectivity index (χ3n) is 3.40. The van der Waals surface area contributed by atoms with Crippen LogP contribution >= 0.6 is 11.8 Å². The summed E-state index contributed by atoms with van der Waals surface area (Å²) in [6.45, 7) is 1.55. The van der Waals surface area contributed by atoms with Gasteiger partial charge in [0.1, 0.15) is 0 Å². The van der Waals surface area contributed by atoms with Gasteiger partial charge >= 0.3 is 12.0 Å². The smallest absolute Gasteiger partial charge is 0.317 e. The van der Waals surface area contributed by atoms with Crippen LogP contribution in [0.15, 0.2) is 0 Å². The van der Waals surface area contributed by atoms with Gasteiger partial charge in [0.05, 0.1) is 6.42 Å². The maximum absolute atomic E-state index is 12.1. The monoisotopic (exact) mass is 272 g/mol. The van der Waals surface area contributed by atoms with E-state index in [2.05, 4.69) is 5.32 Å². The van der Waals surface area contributed by atoms with Crippen LogP contribution in [-0.2, 0) is 4.79 Å². The van der Waals surface area contributed by atoms with E-state index < -0.39 is 5.97 Å². The highest BCUT2D eigenvalue weighted by Crippen LogP contribution is 2.34. The molecule has 1 aliphatic heterocycles. The molecule has 1 saturated heterocycles. The first-order chi connectivity index (χ1) is 8.66. The van der Waals surface area contributed by atoms with Crippen molar-refractivity contribution in [2.75, 3.05) is 24.6 Å². The molecule has 6 heteroatoms. The average molecular weight is 272 g/mol. The Morgan fingerprint density at radius 1 is 1.33 bits per heavy atom. The van der Waals surface area contributed by atoms with Crippen LogP contribution in [0.1, 0.15) is 25.7 Å². The molecule has 0 radical (unpaired) electrons. The maximum Gasteiger partial charge on any atom is 0.317 e. The molecule has 2 rings (SSSR count). The number of nitrogens with zero attached hydrogens (tertiary/aromatic N) is 1. The second-order valence-corrected chi connectivity index (χ2v) is 6.17. The molecule has 0 bridgehead atoms. The molecule has 0 aromatic carbocycles. The molecule has 5 nitrogen and oxygen atoms in total. The van der Waals surface area contributed by atoms with Gasteiger partial charge in [-0.1, -0.05) is 0 Å². The third-order valence-corrected chi connectivity index (χ3v) is 4.45. The van der Waals surface area contributed by atoms with Crippen molar-refractivity contribution in [1.29, 1.82) is 0 Å².